The SMILES string of the molecule is O=c1c2cccc3c(C(F)(F)F)ccc(c32)c2nc3ccccc3n12. The fourth-order valence-corrected chi connectivity index (χ4v) is 3.55. The smallest absolute Gasteiger partial charge is 0.268 e. The summed E-state index contributed by atoms with van der Waals surface area (Å²) in [6.45, 7) is 0. The third-order valence-corrected chi connectivity index (χ3v) is 4.58. The summed E-state index contributed by atoms with van der Waals surface area (Å²) in [5.41, 5.74) is 0.548. The van der Waals surface area contributed by atoms with Crippen molar-refractivity contribution in [3.05, 3.63) is 70.5 Å². The summed E-state index contributed by atoms with van der Waals surface area (Å²) in [7, 11) is 0. The van der Waals surface area contributed by atoms with Crippen molar-refractivity contribution in [2.45, 2.75) is 6.18 Å². The van der Waals surface area contributed by atoms with Gasteiger partial charge in [0.2, 0.25) is 0 Å². The lowest BCUT2D eigenvalue weighted by Crippen LogP contribution is -2.14. The first-order valence-corrected chi connectivity index (χ1v) is 7.62. The minimum absolute atomic E-state index is 0.0224. The van der Waals surface area contributed by atoms with Crippen LogP contribution in [0.3, 0.4) is 0 Å². The van der Waals surface area contributed by atoms with Crippen LogP contribution < -0.4 is 5.56 Å². The highest BCUT2D eigenvalue weighted by Gasteiger charge is 2.33. The number of fused-ring (bicyclic) bond motifs is 4. The van der Waals surface area contributed by atoms with Gasteiger partial charge in [0.25, 0.3) is 5.56 Å². The molecule has 2 heterocycles. The molecular formula is C19H9F3N2O. The molecule has 0 aliphatic heterocycles. The molecular weight excluding hydrogens is 329 g/mol. The van der Waals surface area contributed by atoms with Crippen LogP contribution in [-0.2, 0) is 6.18 Å². The molecule has 3 nitrogen and oxygen atoms in total. The van der Waals surface area contributed by atoms with Gasteiger partial charge in [0.15, 0.2) is 0 Å². The summed E-state index contributed by atoms with van der Waals surface area (Å²) in [5, 5.41) is 1.13. The highest BCUT2D eigenvalue weighted by Crippen LogP contribution is 2.38. The number of pyridine rings is 1. The van der Waals surface area contributed by atoms with E-state index in [0.29, 0.717) is 27.5 Å². The van der Waals surface area contributed by atoms with Gasteiger partial charge in [0.1, 0.15) is 5.65 Å². The van der Waals surface area contributed by atoms with Crippen LogP contribution >= 0.6 is 0 Å². The van der Waals surface area contributed by atoms with Gasteiger partial charge < -0.3 is 0 Å². The van der Waals surface area contributed by atoms with Crippen molar-refractivity contribution in [3.8, 4) is 0 Å². The van der Waals surface area contributed by atoms with E-state index in [9.17, 15) is 18.0 Å². The Hall–Kier alpha value is -3.15. The molecule has 0 saturated heterocycles. The zero-order valence-electron chi connectivity index (χ0n) is 12.6. The fraction of sp³-hybridized carbons (Fsp3) is 0.0526. The van der Waals surface area contributed by atoms with E-state index < -0.39 is 11.7 Å². The Morgan fingerprint density at radius 2 is 1.60 bits per heavy atom. The van der Waals surface area contributed by atoms with E-state index in [1.807, 2.05) is 0 Å². The van der Waals surface area contributed by atoms with Crippen molar-refractivity contribution < 1.29 is 13.2 Å². The maximum absolute atomic E-state index is 13.4. The third kappa shape index (κ3) is 1.76. The van der Waals surface area contributed by atoms with E-state index in [2.05, 4.69) is 4.98 Å². The highest BCUT2D eigenvalue weighted by molar-refractivity contribution is 6.16. The van der Waals surface area contributed by atoms with Gasteiger partial charge in [-0.05, 0) is 35.7 Å². The Morgan fingerprint density at radius 3 is 2.40 bits per heavy atom. The molecule has 25 heavy (non-hydrogen) atoms. The number of halogens is 3. The molecule has 0 aliphatic carbocycles. The van der Waals surface area contributed by atoms with Crippen molar-refractivity contribution in [3.63, 3.8) is 0 Å². The molecule has 0 atom stereocenters. The Kier molecular flexibility index (Phi) is 2.54. The first-order valence-electron chi connectivity index (χ1n) is 7.62. The monoisotopic (exact) mass is 338 g/mol. The second-order valence-corrected chi connectivity index (χ2v) is 5.95. The second kappa shape index (κ2) is 4.47. The predicted molar refractivity (Wildman–Crippen MR) is 90.2 cm³/mol. The average Bonchev–Trinajstić information content (AvgIpc) is 2.98. The van der Waals surface area contributed by atoms with E-state index in [4.69, 9.17) is 0 Å². The van der Waals surface area contributed by atoms with Crippen LogP contribution in [0.5, 0.6) is 0 Å². The lowest BCUT2D eigenvalue weighted by Gasteiger charge is -2.13. The second-order valence-electron chi connectivity index (χ2n) is 5.95. The van der Waals surface area contributed by atoms with Crippen LogP contribution in [0.1, 0.15) is 5.56 Å². The minimum atomic E-state index is -4.49. The first kappa shape index (κ1) is 14.2. The van der Waals surface area contributed by atoms with Crippen molar-refractivity contribution in [1.29, 1.82) is 0 Å². The summed E-state index contributed by atoms with van der Waals surface area (Å²) in [4.78, 5) is 17.5. The molecule has 122 valence electrons. The van der Waals surface area contributed by atoms with Gasteiger partial charge in [0, 0.05) is 16.2 Å². The zero-order chi connectivity index (χ0) is 17.3. The Morgan fingerprint density at radius 1 is 0.840 bits per heavy atom. The van der Waals surface area contributed by atoms with Crippen LogP contribution in [0.15, 0.2) is 59.4 Å². The van der Waals surface area contributed by atoms with Crippen LogP contribution in [0.25, 0.3) is 38.2 Å². The van der Waals surface area contributed by atoms with Crippen LogP contribution in [-0.4, -0.2) is 9.38 Å². The number of hydrogen-bond donors (Lipinski definition) is 0. The zero-order valence-corrected chi connectivity index (χ0v) is 12.6. The van der Waals surface area contributed by atoms with Gasteiger partial charge in [-0.25, -0.2) is 4.98 Å². The topological polar surface area (TPSA) is 34.4 Å². The molecule has 5 rings (SSSR count). The molecule has 0 amide bonds. The van der Waals surface area contributed by atoms with E-state index in [-0.39, 0.29) is 16.3 Å². The van der Waals surface area contributed by atoms with Crippen molar-refractivity contribution in [2.75, 3.05) is 0 Å². The Labute approximate surface area is 138 Å². The number of alkyl halides is 3. The normalized spacial score (nSPS) is 12.8. The number of rotatable bonds is 0. The summed E-state index contributed by atoms with van der Waals surface area (Å²) in [5.74, 6) is 0. The molecule has 0 unspecified atom stereocenters. The summed E-state index contributed by atoms with van der Waals surface area (Å²) in [6.07, 6.45) is -4.49. The van der Waals surface area contributed by atoms with E-state index in [1.54, 1.807) is 30.3 Å². The molecule has 0 saturated carbocycles. The number of hydrogen-bond acceptors (Lipinski definition) is 2. The van der Waals surface area contributed by atoms with E-state index in [0.717, 1.165) is 6.07 Å². The number of para-hydroxylation sites is 2. The van der Waals surface area contributed by atoms with Gasteiger partial charge in [-0.2, -0.15) is 13.2 Å². The standard InChI is InChI=1S/C19H9F3N2O/c20-19(21,22)13-9-8-11-16-10(13)4-3-5-12(16)18(25)24-15-7-2-1-6-14(15)23-17(11)24/h1-9H. The summed E-state index contributed by atoms with van der Waals surface area (Å²) >= 11 is 0. The maximum Gasteiger partial charge on any atom is 0.417 e. The highest BCUT2D eigenvalue weighted by atomic mass is 19.4. The number of imidazole rings is 1. The van der Waals surface area contributed by atoms with Gasteiger partial charge in [-0.3, -0.25) is 9.20 Å². The third-order valence-electron chi connectivity index (χ3n) is 4.58. The molecule has 2 aromatic heterocycles. The first-order chi connectivity index (χ1) is 12.0. The summed E-state index contributed by atoms with van der Waals surface area (Å²) in [6, 6.07) is 14.1. The lowest BCUT2D eigenvalue weighted by atomic mass is 9.98. The molecule has 0 spiro atoms. The largest absolute Gasteiger partial charge is 0.417 e. The van der Waals surface area contributed by atoms with Crippen molar-refractivity contribution in [2.24, 2.45) is 0 Å². The molecule has 0 aliphatic rings. The van der Waals surface area contributed by atoms with Crippen molar-refractivity contribution >= 4 is 38.2 Å². The number of aromatic nitrogens is 2. The Bertz CT molecular complexity index is 1350. The van der Waals surface area contributed by atoms with E-state index >= 15 is 0 Å². The minimum Gasteiger partial charge on any atom is -0.268 e. The molecule has 0 bridgehead atoms. The van der Waals surface area contributed by atoms with Crippen molar-refractivity contribution in [1.82, 2.24) is 9.38 Å². The van der Waals surface area contributed by atoms with Crippen LogP contribution in [0.4, 0.5) is 13.2 Å². The maximum atomic E-state index is 13.4. The molecule has 3 aromatic carbocycles. The van der Waals surface area contributed by atoms with Gasteiger partial charge in [-0.1, -0.05) is 24.3 Å². The molecule has 0 radical (unpaired) electrons. The van der Waals surface area contributed by atoms with Crippen LogP contribution in [0.2, 0.25) is 0 Å². The fourth-order valence-electron chi connectivity index (χ4n) is 3.55. The Balaban J connectivity index is 2.13. The predicted octanol–water partition coefficient (Wildman–Crippen LogP) is 4.61. The lowest BCUT2D eigenvalue weighted by molar-refractivity contribution is -0.136. The number of nitrogens with zero attached hydrogens (tertiary/aromatic N) is 2. The van der Waals surface area contributed by atoms with Gasteiger partial charge in [-0.15, -0.1) is 0 Å². The molecule has 0 N–H and O–H groups in total. The molecule has 6 heteroatoms. The quantitative estimate of drug-likeness (QED) is 0.413. The van der Waals surface area contributed by atoms with E-state index in [1.165, 1.54) is 22.6 Å². The van der Waals surface area contributed by atoms with Crippen LogP contribution in [0, 0.1) is 0 Å². The molecule has 5 aromatic rings. The average molecular weight is 338 g/mol. The molecule has 0 fully saturated rings. The summed E-state index contributed by atoms with van der Waals surface area (Å²) < 4.78 is 41.5. The number of benzene rings is 3. The van der Waals surface area contributed by atoms with Gasteiger partial charge in [0.05, 0.1) is 16.6 Å². The van der Waals surface area contributed by atoms with Gasteiger partial charge >= 0.3 is 6.18 Å².